The molecule has 0 saturated heterocycles. The first-order chi connectivity index (χ1) is 6.16. The van der Waals surface area contributed by atoms with Crippen molar-refractivity contribution in [3.8, 4) is 0 Å². The Morgan fingerprint density at radius 3 is 2.00 bits per heavy atom. The van der Waals surface area contributed by atoms with E-state index in [1.54, 1.807) is 0 Å². The van der Waals surface area contributed by atoms with Crippen LogP contribution in [-0.2, 0) is 4.79 Å². The number of hydrogen-bond donors (Lipinski definition) is 0. The third-order valence-electron chi connectivity index (χ3n) is 1.16. The molecule has 0 aliphatic heterocycles. The van der Waals surface area contributed by atoms with Crippen LogP contribution in [-0.4, -0.2) is 5.78 Å². The Morgan fingerprint density at radius 2 is 1.62 bits per heavy atom. The van der Waals surface area contributed by atoms with E-state index in [1.165, 1.54) is 19.4 Å². The molecular weight excluding hydrogens is 160 g/mol. The lowest BCUT2D eigenvalue weighted by molar-refractivity contribution is -0.114. The van der Waals surface area contributed by atoms with Crippen LogP contribution >= 0.6 is 0 Å². The Bertz CT molecular complexity index is 256. The second-order valence-electron chi connectivity index (χ2n) is 2.82. The molecule has 1 aromatic carbocycles. The van der Waals surface area contributed by atoms with E-state index in [9.17, 15) is 4.79 Å². The fourth-order valence-corrected chi connectivity index (χ4v) is 0.757. The molecule has 0 atom stereocenters. The third kappa shape index (κ3) is 8.54. The second kappa shape index (κ2) is 7.29. The van der Waals surface area contributed by atoms with Crippen molar-refractivity contribution in [2.24, 2.45) is 0 Å². The van der Waals surface area contributed by atoms with Crippen LogP contribution in [0.3, 0.4) is 0 Å². The second-order valence-corrected chi connectivity index (χ2v) is 2.82. The van der Waals surface area contributed by atoms with E-state index in [0.29, 0.717) is 0 Å². The van der Waals surface area contributed by atoms with Gasteiger partial charge in [-0.3, -0.25) is 0 Å². The monoisotopic (exact) mass is 176 g/mol. The van der Waals surface area contributed by atoms with Gasteiger partial charge in [-0.1, -0.05) is 42.5 Å². The van der Waals surface area contributed by atoms with Crippen LogP contribution < -0.4 is 0 Å². The van der Waals surface area contributed by atoms with E-state index in [0.717, 1.165) is 0 Å². The molecule has 0 saturated carbocycles. The number of allylic oxidation sites excluding steroid dienone is 1. The van der Waals surface area contributed by atoms with Crippen molar-refractivity contribution < 1.29 is 4.79 Å². The van der Waals surface area contributed by atoms with Gasteiger partial charge in [-0.15, -0.1) is 0 Å². The third-order valence-corrected chi connectivity index (χ3v) is 1.16. The SMILES string of the molecule is CC(C)=O.CC=Cc1ccccc1. The predicted octanol–water partition coefficient (Wildman–Crippen LogP) is 3.32. The fourth-order valence-electron chi connectivity index (χ4n) is 0.757. The maximum Gasteiger partial charge on any atom is 0.126 e. The number of rotatable bonds is 1. The van der Waals surface area contributed by atoms with Crippen LogP contribution in [0.4, 0.5) is 0 Å². The van der Waals surface area contributed by atoms with Crippen molar-refractivity contribution in [3.63, 3.8) is 0 Å². The van der Waals surface area contributed by atoms with Crippen LogP contribution in [0.2, 0.25) is 0 Å². The summed E-state index contributed by atoms with van der Waals surface area (Å²) < 4.78 is 0. The van der Waals surface area contributed by atoms with E-state index >= 15 is 0 Å². The normalized spacial score (nSPS) is 9.15. The Kier molecular flexibility index (Phi) is 6.52. The van der Waals surface area contributed by atoms with Gasteiger partial charge < -0.3 is 4.79 Å². The zero-order valence-electron chi connectivity index (χ0n) is 8.45. The molecular formula is C12H16O. The van der Waals surface area contributed by atoms with Crippen LogP contribution in [0.1, 0.15) is 26.3 Å². The van der Waals surface area contributed by atoms with Crippen LogP contribution in [0.5, 0.6) is 0 Å². The predicted molar refractivity (Wildman–Crippen MR) is 57.5 cm³/mol. The first-order valence-corrected chi connectivity index (χ1v) is 4.31. The maximum absolute atomic E-state index is 9.44. The molecule has 1 rings (SSSR count). The quantitative estimate of drug-likeness (QED) is 0.641. The average Bonchev–Trinajstić information content (AvgIpc) is 2.06. The molecule has 1 heteroatoms. The summed E-state index contributed by atoms with van der Waals surface area (Å²) >= 11 is 0. The van der Waals surface area contributed by atoms with E-state index < -0.39 is 0 Å². The number of hydrogen-bond acceptors (Lipinski definition) is 1. The summed E-state index contributed by atoms with van der Waals surface area (Å²) in [7, 11) is 0. The molecule has 70 valence electrons. The topological polar surface area (TPSA) is 17.1 Å². The zero-order chi connectivity index (χ0) is 10.1. The standard InChI is InChI=1S/C9H10.C3H6O/c1-2-6-9-7-4-3-5-8-9;1-3(2)4/h2-8H,1H3;1-2H3. The van der Waals surface area contributed by atoms with Crippen LogP contribution in [0, 0.1) is 0 Å². The molecule has 0 radical (unpaired) electrons. The molecule has 0 amide bonds. The van der Waals surface area contributed by atoms with Gasteiger partial charge >= 0.3 is 0 Å². The lowest BCUT2D eigenvalue weighted by Crippen LogP contribution is -1.69. The van der Waals surface area contributed by atoms with Crippen molar-refractivity contribution in [2.45, 2.75) is 20.8 Å². The number of carbonyl (C=O) groups is 1. The number of benzene rings is 1. The van der Waals surface area contributed by atoms with Gasteiger partial charge in [-0.2, -0.15) is 0 Å². The Hall–Kier alpha value is -1.37. The summed E-state index contributed by atoms with van der Waals surface area (Å²) in [6, 6.07) is 10.3. The highest BCUT2D eigenvalue weighted by Gasteiger charge is 1.77. The number of ketones is 1. The average molecular weight is 176 g/mol. The highest BCUT2D eigenvalue weighted by molar-refractivity contribution is 5.72. The molecule has 13 heavy (non-hydrogen) atoms. The van der Waals surface area contributed by atoms with Gasteiger partial charge in [0.05, 0.1) is 0 Å². The minimum atomic E-state index is 0.167. The molecule has 1 aromatic rings. The maximum atomic E-state index is 9.44. The lowest BCUT2D eigenvalue weighted by Gasteiger charge is -1.86. The van der Waals surface area contributed by atoms with Crippen molar-refractivity contribution >= 4 is 11.9 Å². The highest BCUT2D eigenvalue weighted by Crippen LogP contribution is 1.99. The molecule has 0 aromatic heterocycles. The molecule has 0 bridgehead atoms. The van der Waals surface area contributed by atoms with Gasteiger partial charge in [0.15, 0.2) is 0 Å². The molecule has 0 aliphatic carbocycles. The fraction of sp³-hybridized carbons (Fsp3) is 0.250. The summed E-state index contributed by atoms with van der Waals surface area (Å²) in [4.78, 5) is 9.44. The van der Waals surface area contributed by atoms with E-state index in [2.05, 4.69) is 18.2 Å². The molecule has 1 nitrogen and oxygen atoms in total. The van der Waals surface area contributed by atoms with E-state index in [-0.39, 0.29) is 5.78 Å². The van der Waals surface area contributed by atoms with Crippen LogP contribution in [0.15, 0.2) is 36.4 Å². The highest BCUT2D eigenvalue weighted by atomic mass is 16.1. The minimum absolute atomic E-state index is 0.167. The van der Waals surface area contributed by atoms with Gasteiger partial charge in [0.1, 0.15) is 5.78 Å². The summed E-state index contributed by atoms with van der Waals surface area (Å²) in [5.74, 6) is 0.167. The molecule has 0 unspecified atom stereocenters. The Morgan fingerprint density at radius 1 is 1.15 bits per heavy atom. The Balaban J connectivity index is 0.000000310. The van der Waals surface area contributed by atoms with Gasteiger partial charge in [0, 0.05) is 0 Å². The first kappa shape index (κ1) is 11.6. The van der Waals surface area contributed by atoms with Gasteiger partial charge in [-0.25, -0.2) is 0 Å². The summed E-state index contributed by atoms with van der Waals surface area (Å²) in [5.41, 5.74) is 1.26. The zero-order valence-corrected chi connectivity index (χ0v) is 8.45. The number of Topliss-reactive ketones (excluding diaryl/α,β-unsaturated/α-hetero) is 1. The Labute approximate surface area is 80.1 Å². The van der Waals surface area contributed by atoms with Gasteiger partial charge in [0.2, 0.25) is 0 Å². The van der Waals surface area contributed by atoms with E-state index in [1.807, 2.05) is 31.2 Å². The molecule has 0 heterocycles. The minimum Gasteiger partial charge on any atom is -0.300 e. The van der Waals surface area contributed by atoms with Gasteiger partial charge in [-0.05, 0) is 26.3 Å². The first-order valence-electron chi connectivity index (χ1n) is 4.31. The van der Waals surface area contributed by atoms with Crippen molar-refractivity contribution in [1.29, 1.82) is 0 Å². The van der Waals surface area contributed by atoms with Gasteiger partial charge in [0.25, 0.3) is 0 Å². The molecule has 0 fully saturated rings. The summed E-state index contributed by atoms with van der Waals surface area (Å²) in [6.45, 7) is 5.08. The van der Waals surface area contributed by atoms with Crippen LogP contribution in [0.25, 0.3) is 6.08 Å². The van der Waals surface area contributed by atoms with E-state index in [4.69, 9.17) is 0 Å². The van der Waals surface area contributed by atoms with Crippen molar-refractivity contribution in [2.75, 3.05) is 0 Å². The van der Waals surface area contributed by atoms with Crippen molar-refractivity contribution in [1.82, 2.24) is 0 Å². The summed E-state index contributed by atoms with van der Waals surface area (Å²) in [6.07, 6.45) is 4.12. The largest absolute Gasteiger partial charge is 0.300 e. The summed E-state index contributed by atoms with van der Waals surface area (Å²) in [5, 5.41) is 0. The molecule has 0 spiro atoms. The lowest BCUT2D eigenvalue weighted by atomic mass is 10.2. The molecule has 0 aliphatic rings. The number of carbonyl (C=O) groups excluding carboxylic acids is 1. The smallest absolute Gasteiger partial charge is 0.126 e. The van der Waals surface area contributed by atoms with Crippen molar-refractivity contribution in [3.05, 3.63) is 42.0 Å². The molecule has 0 N–H and O–H groups in total.